The molecule has 5 heteroatoms. The van der Waals surface area contributed by atoms with E-state index in [-0.39, 0.29) is 5.91 Å². The van der Waals surface area contributed by atoms with Crippen LogP contribution in [0.5, 0.6) is 0 Å². The van der Waals surface area contributed by atoms with Gasteiger partial charge in [0, 0.05) is 23.9 Å². The van der Waals surface area contributed by atoms with Crippen molar-refractivity contribution < 1.29 is 4.79 Å². The summed E-state index contributed by atoms with van der Waals surface area (Å²) < 4.78 is 0. The minimum atomic E-state index is -0.267. The number of amides is 1. The predicted octanol–water partition coefficient (Wildman–Crippen LogP) is 4.11. The lowest BCUT2D eigenvalue weighted by Crippen LogP contribution is -2.24. The number of nitrogens with zero attached hydrogens (tertiary/aromatic N) is 2. The van der Waals surface area contributed by atoms with E-state index in [2.05, 4.69) is 27.2 Å². The zero-order valence-corrected chi connectivity index (χ0v) is 14.6. The van der Waals surface area contributed by atoms with Gasteiger partial charge in [-0.15, -0.1) is 6.58 Å². The second kappa shape index (κ2) is 8.07. The molecule has 130 valence electrons. The number of rotatable bonds is 6. The third-order valence-electron chi connectivity index (χ3n) is 3.69. The van der Waals surface area contributed by atoms with Crippen molar-refractivity contribution in [2.75, 3.05) is 11.9 Å². The minimum Gasteiger partial charge on any atom is -0.347 e. The fraction of sp³-hybridized carbons (Fsp3) is 0.0952. The minimum absolute atomic E-state index is 0.267. The van der Waals surface area contributed by atoms with E-state index in [0.717, 1.165) is 16.8 Å². The average molecular weight is 344 g/mol. The van der Waals surface area contributed by atoms with Crippen molar-refractivity contribution >= 4 is 17.4 Å². The Hall–Kier alpha value is -3.47. The second-order valence-electron chi connectivity index (χ2n) is 5.82. The smallest absolute Gasteiger partial charge is 0.270 e. The predicted molar refractivity (Wildman–Crippen MR) is 104 cm³/mol. The van der Waals surface area contributed by atoms with Gasteiger partial charge in [0.15, 0.2) is 5.82 Å². The Labute approximate surface area is 152 Å². The molecule has 0 saturated heterocycles. The lowest BCUT2D eigenvalue weighted by molar-refractivity contribution is 0.0953. The Balaban J connectivity index is 1.99. The van der Waals surface area contributed by atoms with Crippen molar-refractivity contribution in [2.45, 2.75) is 6.92 Å². The number of benzene rings is 2. The van der Waals surface area contributed by atoms with Crippen molar-refractivity contribution in [3.8, 4) is 11.4 Å². The molecule has 0 fully saturated rings. The zero-order chi connectivity index (χ0) is 18.4. The number of aryl methyl sites for hydroxylation is 1. The molecule has 0 saturated carbocycles. The standard InChI is InChI=1S/C21H20N4O/c1-3-12-22-21(26)18-14-19(23-17-11-7-8-15(2)13-17)25-20(24-18)16-9-5-4-6-10-16/h3-11,13-14H,1,12H2,2H3,(H,22,26)(H,23,24,25). The Kier molecular flexibility index (Phi) is 5.39. The van der Waals surface area contributed by atoms with Crippen LogP contribution in [0.25, 0.3) is 11.4 Å². The highest BCUT2D eigenvalue weighted by atomic mass is 16.1. The first-order valence-corrected chi connectivity index (χ1v) is 8.33. The first kappa shape index (κ1) is 17.4. The highest BCUT2D eigenvalue weighted by molar-refractivity contribution is 5.93. The summed E-state index contributed by atoms with van der Waals surface area (Å²) in [6.45, 7) is 6.01. The van der Waals surface area contributed by atoms with Crippen molar-refractivity contribution in [1.82, 2.24) is 15.3 Å². The summed E-state index contributed by atoms with van der Waals surface area (Å²) in [5, 5.41) is 6.01. The zero-order valence-electron chi connectivity index (χ0n) is 14.6. The highest BCUT2D eigenvalue weighted by Crippen LogP contribution is 2.21. The fourth-order valence-electron chi connectivity index (χ4n) is 2.47. The van der Waals surface area contributed by atoms with E-state index in [1.54, 1.807) is 12.1 Å². The largest absolute Gasteiger partial charge is 0.347 e. The molecule has 2 aromatic carbocycles. The van der Waals surface area contributed by atoms with Crippen LogP contribution in [-0.2, 0) is 0 Å². The van der Waals surface area contributed by atoms with E-state index in [9.17, 15) is 4.79 Å². The van der Waals surface area contributed by atoms with E-state index in [1.165, 1.54) is 0 Å². The van der Waals surface area contributed by atoms with Gasteiger partial charge >= 0.3 is 0 Å². The summed E-state index contributed by atoms with van der Waals surface area (Å²) in [7, 11) is 0. The number of carbonyl (C=O) groups excluding carboxylic acids is 1. The maximum Gasteiger partial charge on any atom is 0.270 e. The molecule has 0 aliphatic heterocycles. The lowest BCUT2D eigenvalue weighted by atomic mass is 10.2. The summed E-state index contributed by atoms with van der Waals surface area (Å²) in [6, 6.07) is 19.2. The molecular formula is C21H20N4O. The van der Waals surface area contributed by atoms with E-state index in [1.807, 2.05) is 61.5 Å². The number of carbonyl (C=O) groups is 1. The van der Waals surface area contributed by atoms with E-state index < -0.39 is 0 Å². The van der Waals surface area contributed by atoms with E-state index in [4.69, 9.17) is 0 Å². The number of aromatic nitrogens is 2. The number of hydrogen-bond acceptors (Lipinski definition) is 4. The maximum absolute atomic E-state index is 12.4. The molecule has 0 atom stereocenters. The Morgan fingerprint density at radius 2 is 1.88 bits per heavy atom. The molecule has 1 heterocycles. The monoisotopic (exact) mass is 344 g/mol. The van der Waals surface area contributed by atoms with Gasteiger partial charge < -0.3 is 10.6 Å². The molecule has 0 spiro atoms. The van der Waals surface area contributed by atoms with Gasteiger partial charge in [0.25, 0.3) is 5.91 Å². The summed E-state index contributed by atoms with van der Waals surface area (Å²) in [5.74, 6) is 0.789. The Bertz CT molecular complexity index is 922. The van der Waals surface area contributed by atoms with Gasteiger partial charge in [0.05, 0.1) is 0 Å². The fourth-order valence-corrected chi connectivity index (χ4v) is 2.47. The Morgan fingerprint density at radius 3 is 2.62 bits per heavy atom. The normalized spacial score (nSPS) is 10.2. The number of anilines is 2. The van der Waals surface area contributed by atoms with Crippen LogP contribution < -0.4 is 10.6 Å². The molecule has 2 N–H and O–H groups in total. The number of hydrogen-bond donors (Lipinski definition) is 2. The molecule has 26 heavy (non-hydrogen) atoms. The van der Waals surface area contributed by atoms with Gasteiger partial charge in [-0.2, -0.15) is 0 Å². The third kappa shape index (κ3) is 4.33. The van der Waals surface area contributed by atoms with Crippen molar-refractivity contribution in [2.24, 2.45) is 0 Å². The molecule has 0 aliphatic carbocycles. The third-order valence-corrected chi connectivity index (χ3v) is 3.69. The molecule has 1 aromatic heterocycles. The van der Waals surface area contributed by atoms with Crippen LogP contribution >= 0.6 is 0 Å². The van der Waals surface area contributed by atoms with Gasteiger partial charge in [-0.05, 0) is 24.6 Å². The molecule has 5 nitrogen and oxygen atoms in total. The van der Waals surface area contributed by atoms with Crippen LogP contribution in [0.2, 0.25) is 0 Å². The van der Waals surface area contributed by atoms with Crippen LogP contribution in [0.3, 0.4) is 0 Å². The first-order valence-electron chi connectivity index (χ1n) is 8.33. The summed E-state index contributed by atoms with van der Waals surface area (Å²) in [5.41, 5.74) is 3.19. The van der Waals surface area contributed by atoms with Crippen LogP contribution in [0.1, 0.15) is 16.1 Å². The quantitative estimate of drug-likeness (QED) is 0.660. The van der Waals surface area contributed by atoms with Crippen LogP contribution in [-0.4, -0.2) is 22.4 Å². The van der Waals surface area contributed by atoms with Crippen molar-refractivity contribution in [3.05, 3.63) is 84.6 Å². The number of nitrogens with one attached hydrogen (secondary N) is 2. The van der Waals surface area contributed by atoms with Gasteiger partial charge in [-0.25, -0.2) is 9.97 Å². The van der Waals surface area contributed by atoms with Crippen LogP contribution in [0.4, 0.5) is 11.5 Å². The van der Waals surface area contributed by atoms with Gasteiger partial charge in [0.2, 0.25) is 0 Å². The highest BCUT2D eigenvalue weighted by Gasteiger charge is 2.13. The van der Waals surface area contributed by atoms with Crippen LogP contribution in [0, 0.1) is 6.92 Å². The summed E-state index contributed by atoms with van der Waals surface area (Å²) >= 11 is 0. The Morgan fingerprint density at radius 1 is 1.08 bits per heavy atom. The van der Waals surface area contributed by atoms with Gasteiger partial charge in [0.1, 0.15) is 11.5 Å². The summed E-state index contributed by atoms with van der Waals surface area (Å²) in [4.78, 5) is 21.4. The topological polar surface area (TPSA) is 66.9 Å². The van der Waals surface area contributed by atoms with E-state index >= 15 is 0 Å². The molecule has 0 radical (unpaired) electrons. The lowest BCUT2D eigenvalue weighted by Gasteiger charge is -2.11. The second-order valence-corrected chi connectivity index (χ2v) is 5.82. The molecule has 0 unspecified atom stereocenters. The SMILES string of the molecule is C=CCNC(=O)c1cc(Nc2cccc(C)c2)nc(-c2ccccc2)n1. The van der Waals surface area contributed by atoms with Crippen LogP contribution in [0.15, 0.2) is 73.3 Å². The van der Waals surface area contributed by atoms with Gasteiger partial charge in [-0.1, -0.05) is 48.5 Å². The average Bonchev–Trinajstić information content (AvgIpc) is 2.66. The van der Waals surface area contributed by atoms with E-state index in [0.29, 0.717) is 23.9 Å². The molecule has 0 bridgehead atoms. The first-order chi connectivity index (χ1) is 12.7. The van der Waals surface area contributed by atoms with Crippen molar-refractivity contribution in [1.29, 1.82) is 0 Å². The maximum atomic E-state index is 12.4. The summed E-state index contributed by atoms with van der Waals surface area (Å²) in [6.07, 6.45) is 1.63. The molecule has 0 aliphatic rings. The molecular weight excluding hydrogens is 324 g/mol. The molecule has 3 aromatic rings. The molecule has 3 rings (SSSR count). The van der Waals surface area contributed by atoms with Crippen molar-refractivity contribution in [3.63, 3.8) is 0 Å². The van der Waals surface area contributed by atoms with Gasteiger partial charge in [-0.3, -0.25) is 4.79 Å². The molecule has 1 amide bonds.